The molecule has 4 rings (SSSR count). The molecular formula is C19H19ClN2O4S. The number of halogens is 1. The zero-order valence-electron chi connectivity index (χ0n) is 14.8. The van der Waals surface area contributed by atoms with Gasteiger partial charge in [0.2, 0.25) is 18.6 Å². The topological polar surface area (TPSA) is 59.1 Å². The lowest BCUT2D eigenvalue weighted by molar-refractivity contribution is -0.136. The number of thiophene rings is 1. The second-order valence-corrected chi connectivity index (χ2v) is 8.30. The number of anilines is 1. The van der Waals surface area contributed by atoms with Crippen molar-refractivity contribution in [3.8, 4) is 11.5 Å². The Morgan fingerprint density at radius 2 is 2.11 bits per heavy atom. The van der Waals surface area contributed by atoms with Gasteiger partial charge >= 0.3 is 0 Å². The third-order valence-electron chi connectivity index (χ3n) is 4.81. The molecule has 1 saturated heterocycles. The highest BCUT2D eigenvalue weighted by atomic mass is 35.5. The first-order chi connectivity index (χ1) is 13.0. The van der Waals surface area contributed by atoms with Gasteiger partial charge in [-0.05, 0) is 31.2 Å². The summed E-state index contributed by atoms with van der Waals surface area (Å²) in [7, 11) is 0. The molecule has 1 unspecified atom stereocenters. The fraction of sp³-hybridized carbons (Fsp3) is 0.368. The van der Waals surface area contributed by atoms with E-state index >= 15 is 0 Å². The van der Waals surface area contributed by atoms with E-state index in [9.17, 15) is 9.59 Å². The minimum absolute atomic E-state index is 0.00128. The minimum Gasteiger partial charge on any atom is -0.454 e. The van der Waals surface area contributed by atoms with Gasteiger partial charge in [-0.25, -0.2) is 0 Å². The zero-order chi connectivity index (χ0) is 19.0. The lowest BCUT2D eigenvalue weighted by atomic mass is 10.1. The van der Waals surface area contributed by atoms with E-state index in [4.69, 9.17) is 21.1 Å². The predicted molar refractivity (Wildman–Crippen MR) is 103 cm³/mol. The molecule has 8 heteroatoms. The highest BCUT2D eigenvalue weighted by Crippen LogP contribution is 2.37. The zero-order valence-corrected chi connectivity index (χ0v) is 16.4. The highest BCUT2D eigenvalue weighted by Gasteiger charge is 2.37. The van der Waals surface area contributed by atoms with Crippen molar-refractivity contribution >= 4 is 40.4 Å². The Hall–Kier alpha value is -2.25. The van der Waals surface area contributed by atoms with Crippen LogP contribution >= 0.6 is 22.9 Å². The van der Waals surface area contributed by atoms with Gasteiger partial charge in [0, 0.05) is 36.1 Å². The maximum Gasteiger partial charge on any atom is 0.231 e. The number of hydrogen-bond donors (Lipinski definition) is 0. The third kappa shape index (κ3) is 3.61. The van der Waals surface area contributed by atoms with Crippen LogP contribution < -0.4 is 14.4 Å². The summed E-state index contributed by atoms with van der Waals surface area (Å²) in [5, 5.41) is 0. The molecule has 0 saturated carbocycles. The SMILES string of the molecule is CCN(Cc1ccc(Cl)s1)C(=O)C1CC(=O)N(c2ccc3c(c2)OCO3)C1. The van der Waals surface area contributed by atoms with Gasteiger partial charge in [0.1, 0.15) is 0 Å². The van der Waals surface area contributed by atoms with Crippen LogP contribution in [0.2, 0.25) is 4.34 Å². The number of nitrogens with zero attached hydrogens (tertiary/aromatic N) is 2. The normalized spacial score (nSPS) is 18.2. The van der Waals surface area contributed by atoms with Crippen molar-refractivity contribution in [1.29, 1.82) is 0 Å². The van der Waals surface area contributed by atoms with Crippen LogP contribution in [0, 0.1) is 5.92 Å². The molecule has 0 bridgehead atoms. The molecule has 1 atom stereocenters. The van der Waals surface area contributed by atoms with Crippen molar-refractivity contribution in [3.05, 3.63) is 39.5 Å². The molecule has 1 fully saturated rings. The Morgan fingerprint density at radius 3 is 2.85 bits per heavy atom. The molecule has 0 spiro atoms. The van der Waals surface area contributed by atoms with Crippen molar-refractivity contribution in [2.45, 2.75) is 19.9 Å². The third-order valence-corrected chi connectivity index (χ3v) is 6.03. The average molecular weight is 407 g/mol. The fourth-order valence-corrected chi connectivity index (χ4v) is 4.51. The van der Waals surface area contributed by atoms with Crippen molar-refractivity contribution in [1.82, 2.24) is 4.90 Å². The first kappa shape index (κ1) is 18.1. The first-order valence-corrected chi connectivity index (χ1v) is 9.97. The van der Waals surface area contributed by atoms with Crippen LogP contribution in [0.5, 0.6) is 11.5 Å². The predicted octanol–water partition coefficient (Wildman–Crippen LogP) is 3.53. The summed E-state index contributed by atoms with van der Waals surface area (Å²) in [6.07, 6.45) is 0.217. The van der Waals surface area contributed by atoms with Crippen LogP contribution in [0.3, 0.4) is 0 Å². The van der Waals surface area contributed by atoms with E-state index in [1.165, 1.54) is 11.3 Å². The van der Waals surface area contributed by atoms with E-state index in [0.29, 0.717) is 35.5 Å². The molecule has 0 radical (unpaired) electrons. The molecule has 1 aromatic carbocycles. The van der Waals surface area contributed by atoms with Crippen molar-refractivity contribution in [2.75, 3.05) is 24.8 Å². The Morgan fingerprint density at radius 1 is 1.30 bits per heavy atom. The summed E-state index contributed by atoms with van der Waals surface area (Å²) in [5.41, 5.74) is 0.729. The quantitative estimate of drug-likeness (QED) is 0.762. The van der Waals surface area contributed by atoms with Gasteiger partial charge in [-0.1, -0.05) is 11.6 Å². The van der Waals surface area contributed by atoms with E-state index < -0.39 is 0 Å². The molecule has 2 aliphatic heterocycles. The van der Waals surface area contributed by atoms with Crippen molar-refractivity contribution in [3.63, 3.8) is 0 Å². The number of ether oxygens (including phenoxy) is 2. The second-order valence-electron chi connectivity index (χ2n) is 6.50. The van der Waals surface area contributed by atoms with Crippen LogP contribution in [-0.2, 0) is 16.1 Å². The lowest BCUT2D eigenvalue weighted by Crippen LogP contribution is -2.36. The molecule has 2 aromatic rings. The Bertz CT molecular complexity index is 884. The summed E-state index contributed by atoms with van der Waals surface area (Å²) in [4.78, 5) is 30.0. The molecule has 1 aromatic heterocycles. The smallest absolute Gasteiger partial charge is 0.231 e. The van der Waals surface area contributed by atoms with Crippen LogP contribution in [-0.4, -0.2) is 36.6 Å². The van der Waals surface area contributed by atoms with Gasteiger partial charge in [0.25, 0.3) is 0 Å². The second kappa shape index (κ2) is 7.40. The number of fused-ring (bicyclic) bond motifs is 1. The Kier molecular flexibility index (Phi) is 4.97. The van der Waals surface area contributed by atoms with E-state index in [1.54, 1.807) is 21.9 Å². The average Bonchev–Trinajstić information content (AvgIpc) is 3.38. The Balaban J connectivity index is 1.46. The van der Waals surface area contributed by atoms with Gasteiger partial charge in [-0.3, -0.25) is 9.59 Å². The number of hydrogen-bond acceptors (Lipinski definition) is 5. The van der Waals surface area contributed by atoms with Gasteiger partial charge in [-0.15, -0.1) is 11.3 Å². The van der Waals surface area contributed by atoms with E-state index in [1.807, 2.05) is 25.1 Å². The summed E-state index contributed by atoms with van der Waals surface area (Å²) >= 11 is 7.45. The monoisotopic (exact) mass is 406 g/mol. The molecule has 6 nitrogen and oxygen atoms in total. The summed E-state index contributed by atoms with van der Waals surface area (Å²) in [5.74, 6) is 0.893. The van der Waals surface area contributed by atoms with E-state index in [2.05, 4.69) is 0 Å². The molecule has 2 amide bonds. The number of amides is 2. The summed E-state index contributed by atoms with van der Waals surface area (Å²) < 4.78 is 11.4. The van der Waals surface area contributed by atoms with E-state index in [-0.39, 0.29) is 30.9 Å². The summed E-state index contributed by atoms with van der Waals surface area (Å²) in [6, 6.07) is 9.17. The number of carbonyl (C=O) groups excluding carboxylic acids is 2. The van der Waals surface area contributed by atoms with Gasteiger partial charge in [0.15, 0.2) is 11.5 Å². The molecule has 3 heterocycles. The number of rotatable bonds is 5. The number of carbonyl (C=O) groups is 2. The Labute approximate surface area is 166 Å². The fourth-order valence-electron chi connectivity index (χ4n) is 3.40. The maximum absolute atomic E-state index is 13.0. The molecule has 142 valence electrons. The van der Waals surface area contributed by atoms with Crippen LogP contribution in [0.4, 0.5) is 5.69 Å². The molecule has 27 heavy (non-hydrogen) atoms. The largest absolute Gasteiger partial charge is 0.454 e. The van der Waals surface area contributed by atoms with Crippen molar-refractivity contribution in [2.24, 2.45) is 5.92 Å². The first-order valence-electron chi connectivity index (χ1n) is 8.78. The van der Waals surface area contributed by atoms with Crippen LogP contribution in [0.1, 0.15) is 18.2 Å². The van der Waals surface area contributed by atoms with Crippen molar-refractivity contribution < 1.29 is 19.1 Å². The van der Waals surface area contributed by atoms with Gasteiger partial charge < -0.3 is 19.3 Å². The molecule has 0 aliphatic carbocycles. The standard InChI is InChI=1S/C19H19ClN2O4S/c1-2-21(10-14-4-6-17(20)27-14)19(24)12-7-18(23)22(9-12)13-3-5-15-16(8-13)26-11-25-15/h3-6,8,12H,2,7,9-11H2,1H3. The summed E-state index contributed by atoms with van der Waals surface area (Å²) in [6.45, 7) is 3.61. The molecule has 2 aliphatic rings. The lowest BCUT2D eigenvalue weighted by Gasteiger charge is -2.24. The highest BCUT2D eigenvalue weighted by molar-refractivity contribution is 7.16. The molecular weight excluding hydrogens is 388 g/mol. The van der Waals surface area contributed by atoms with Gasteiger partial charge in [0.05, 0.1) is 16.8 Å². The van der Waals surface area contributed by atoms with E-state index in [0.717, 1.165) is 10.6 Å². The maximum atomic E-state index is 13.0. The minimum atomic E-state index is -0.349. The number of benzene rings is 1. The van der Waals surface area contributed by atoms with Gasteiger partial charge in [-0.2, -0.15) is 0 Å². The van der Waals surface area contributed by atoms with Crippen LogP contribution in [0.15, 0.2) is 30.3 Å². The molecule has 0 N–H and O–H groups in total. The van der Waals surface area contributed by atoms with Crippen LogP contribution in [0.25, 0.3) is 0 Å².